The normalized spacial score (nSPS) is 10.7. The zero-order chi connectivity index (χ0) is 21.2. The lowest BCUT2D eigenvalue weighted by Crippen LogP contribution is -2.22. The van der Waals surface area contributed by atoms with Crippen LogP contribution in [0.3, 0.4) is 0 Å². The number of rotatable bonds is 17. The number of ether oxygens (including phenoxy) is 1. The summed E-state index contributed by atoms with van der Waals surface area (Å²) in [6.45, 7) is 5.33. The quantitative estimate of drug-likeness (QED) is 0.247. The summed E-state index contributed by atoms with van der Waals surface area (Å²) < 4.78 is 5.27. The molecule has 4 heteroatoms. The average Bonchev–Trinajstić information content (AvgIpc) is 2.71. The van der Waals surface area contributed by atoms with Gasteiger partial charge in [0.15, 0.2) is 0 Å². The van der Waals surface area contributed by atoms with Crippen molar-refractivity contribution in [1.29, 1.82) is 0 Å². The highest BCUT2D eigenvalue weighted by atomic mass is 16.5. The maximum Gasteiger partial charge on any atom is 0.305 e. The molecule has 0 atom stereocenters. The SMILES string of the molecule is CCCCCCCCCCCCOC(=O)CCCC(=O)NCc1ccc(C)cc1. The Kier molecular flexibility index (Phi) is 14.8. The average molecular weight is 404 g/mol. The topological polar surface area (TPSA) is 55.4 Å². The molecule has 0 heterocycles. The molecular weight excluding hydrogens is 362 g/mol. The van der Waals surface area contributed by atoms with Gasteiger partial charge in [-0.1, -0.05) is 94.5 Å². The van der Waals surface area contributed by atoms with E-state index >= 15 is 0 Å². The maximum atomic E-state index is 11.9. The monoisotopic (exact) mass is 403 g/mol. The third-order valence-corrected chi connectivity index (χ3v) is 5.16. The molecule has 0 unspecified atom stereocenters. The van der Waals surface area contributed by atoms with Crippen molar-refractivity contribution in [3.8, 4) is 0 Å². The molecule has 0 aromatic heterocycles. The molecule has 4 nitrogen and oxygen atoms in total. The Hall–Kier alpha value is -1.84. The van der Waals surface area contributed by atoms with Crippen molar-refractivity contribution < 1.29 is 14.3 Å². The van der Waals surface area contributed by atoms with Crippen LogP contribution in [-0.4, -0.2) is 18.5 Å². The zero-order valence-corrected chi connectivity index (χ0v) is 18.6. The lowest BCUT2D eigenvalue weighted by atomic mass is 10.1. The van der Waals surface area contributed by atoms with Gasteiger partial charge in [-0.3, -0.25) is 9.59 Å². The van der Waals surface area contributed by atoms with E-state index in [0.29, 0.717) is 32.4 Å². The zero-order valence-electron chi connectivity index (χ0n) is 18.6. The molecular formula is C25H41NO3. The number of esters is 1. The molecule has 0 spiro atoms. The van der Waals surface area contributed by atoms with E-state index in [9.17, 15) is 9.59 Å². The van der Waals surface area contributed by atoms with Crippen LogP contribution in [0.4, 0.5) is 0 Å². The second-order valence-electron chi connectivity index (χ2n) is 8.02. The number of unbranched alkanes of at least 4 members (excludes halogenated alkanes) is 9. The van der Waals surface area contributed by atoms with E-state index in [4.69, 9.17) is 4.74 Å². The fourth-order valence-corrected chi connectivity index (χ4v) is 3.24. The Balaban J connectivity index is 1.89. The fraction of sp³-hybridized carbons (Fsp3) is 0.680. The summed E-state index contributed by atoms with van der Waals surface area (Å²) in [7, 11) is 0. The molecule has 1 rings (SSSR count). The Bertz CT molecular complexity index is 554. The van der Waals surface area contributed by atoms with Crippen molar-refractivity contribution in [2.45, 2.75) is 104 Å². The minimum Gasteiger partial charge on any atom is -0.466 e. The molecule has 0 saturated heterocycles. The summed E-state index contributed by atoms with van der Waals surface area (Å²) in [5, 5.41) is 2.89. The summed E-state index contributed by atoms with van der Waals surface area (Å²) in [6, 6.07) is 8.10. The van der Waals surface area contributed by atoms with Crippen LogP contribution in [-0.2, 0) is 20.9 Å². The van der Waals surface area contributed by atoms with Crippen LogP contribution in [0.5, 0.6) is 0 Å². The number of carbonyl (C=O) groups excluding carboxylic acids is 2. The van der Waals surface area contributed by atoms with E-state index in [0.717, 1.165) is 18.4 Å². The molecule has 164 valence electrons. The third kappa shape index (κ3) is 14.8. The molecule has 1 aromatic carbocycles. The highest BCUT2D eigenvalue weighted by Gasteiger charge is 2.06. The number of amides is 1. The standard InChI is InChI=1S/C25H41NO3/c1-3-4-5-6-7-8-9-10-11-12-20-29-25(28)15-13-14-24(27)26-21-23-18-16-22(2)17-19-23/h16-19H,3-15,20-21H2,1-2H3,(H,26,27). The smallest absolute Gasteiger partial charge is 0.305 e. The highest BCUT2D eigenvalue weighted by Crippen LogP contribution is 2.10. The van der Waals surface area contributed by atoms with E-state index in [1.807, 2.05) is 31.2 Å². The van der Waals surface area contributed by atoms with E-state index in [1.54, 1.807) is 0 Å². The van der Waals surface area contributed by atoms with Gasteiger partial charge in [-0.2, -0.15) is 0 Å². The molecule has 1 N–H and O–H groups in total. The number of hydrogen-bond donors (Lipinski definition) is 1. The second kappa shape index (κ2) is 17.1. The minimum atomic E-state index is -0.188. The highest BCUT2D eigenvalue weighted by molar-refractivity contribution is 5.77. The van der Waals surface area contributed by atoms with Gasteiger partial charge in [0.2, 0.25) is 5.91 Å². The van der Waals surface area contributed by atoms with Gasteiger partial charge >= 0.3 is 5.97 Å². The number of carbonyl (C=O) groups is 2. The summed E-state index contributed by atoms with van der Waals surface area (Å²) >= 11 is 0. The number of nitrogens with one attached hydrogen (secondary N) is 1. The number of hydrogen-bond acceptors (Lipinski definition) is 3. The molecule has 0 radical (unpaired) electrons. The maximum absolute atomic E-state index is 11.9. The largest absolute Gasteiger partial charge is 0.466 e. The summed E-state index contributed by atoms with van der Waals surface area (Å²) in [5.74, 6) is -0.208. The Morgan fingerprint density at radius 3 is 2.00 bits per heavy atom. The third-order valence-electron chi connectivity index (χ3n) is 5.16. The predicted octanol–water partition coefficient (Wildman–Crippen LogP) is 6.25. The minimum absolute atomic E-state index is 0.0203. The first-order chi connectivity index (χ1) is 14.1. The van der Waals surface area contributed by atoms with Crippen LogP contribution in [0.15, 0.2) is 24.3 Å². The summed E-state index contributed by atoms with van der Waals surface area (Å²) in [5.41, 5.74) is 2.29. The fourth-order valence-electron chi connectivity index (χ4n) is 3.24. The molecule has 29 heavy (non-hydrogen) atoms. The van der Waals surface area contributed by atoms with Gasteiger partial charge < -0.3 is 10.1 Å². The Morgan fingerprint density at radius 1 is 0.793 bits per heavy atom. The molecule has 0 aliphatic heterocycles. The van der Waals surface area contributed by atoms with Crippen LogP contribution >= 0.6 is 0 Å². The molecule has 0 aliphatic rings. The first-order valence-electron chi connectivity index (χ1n) is 11.6. The van der Waals surface area contributed by atoms with Gasteiger partial charge in [-0.15, -0.1) is 0 Å². The van der Waals surface area contributed by atoms with Crippen LogP contribution in [0.1, 0.15) is 102 Å². The Morgan fingerprint density at radius 2 is 1.38 bits per heavy atom. The molecule has 0 fully saturated rings. The van der Waals surface area contributed by atoms with E-state index in [2.05, 4.69) is 12.2 Å². The van der Waals surface area contributed by atoms with E-state index in [1.165, 1.54) is 56.9 Å². The number of aryl methyl sites for hydroxylation is 1. The lowest BCUT2D eigenvalue weighted by Gasteiger charge is -2.07. The van der Waals surface area contributed by atoms with E-state index in [-0.39, 0.29) is 11.9 Å². The van der Waals surface area contributed by atoms with Gasteiger partial charge in [-0.25, -0.2) is 0 Å². The van der Waals surface area contributed by atoms with Crippen molar-refractivity contribution in [3.05, 3.63) is 35.4 Å². The van der Waals surface area contributed by atoms with Crippen molar-refractivity contribution in [3.63, 3.8) is 0 Å². The Labute approximate surface area is 177 Å². The van der Waals surface area contributed by atoms with Crippen molar-refractivity contribution >= 4 is 11.9 Å². The number of benzene rings is 1. The van der Waals surface area contributed by atoms with Crippen molar-refractivity contribution in [2.24, 2.45) is 0 Å². The van der Waals surface area contributed by atoms with Crippen LogP contribution < -0.4 is 5.32 Å². The molecule has 0 saturated carbocycles. The van der Waals surface area contributed by atoms with Gasteiger partial charge in [0.25, 0.3) is 0 Å². The summed E-state index contributed by atoms with van der Waals surface area (Å²) in [4.78, 5) is 23.6. The molecule has 1 aromatic rings. The van der Waals surface area contributed by atoms with Gasteiger partial charge in [-0.05, 0) is 25.3 Å². The first kappa shape index (κ1) is 25.2. The molecule has 0 bridgehead atoms. The van der Waals surface area contributed by atoms with Gasteiger partial charge in [0.1, 0.15) is 0 Å². The van der Waals surface area contributed by atoms with Crippen molar-refractivity contribution in [2.75, 3.05) is 6.61 Å². The van der Waals surface area contributed by atoms with Crippen LogP contribution in [0.25, 0.3) is 0 Å². The summed E-state index contributed by atoms with van der Waals surface area (Å²) in [6.07, 6.45) is 13.9. The lowest BCUT2D eigenvalue weighted by molar-refractivity contribution is -0.143. The van der Waals surface area contributed by atoms with Crippen LogP contribution in [0, 0.1) is 6.92 Å². The van der Waals surface area contributed by atoms with Crippen LogP contribution in [0.2, 0.25) is 0 Å². The first-order valence-corrected chi connectivity index (χ1v) is 11.6. The molecule has 1 amide bonds. The predicted molar refractivity (Wildman–Crippen MR) is 120 cm³/mol. The van der Waals surface area contributed by atoms with Gasteiger partial charge in [0, 0.05) is 19.4 Å². The second-order valence-corrected chi connectivity index (χ2v) is 8.02. The van der Waals surface area contributed by atoms with Crippen molar-refractivity contribution in [1.82, 2.24) is 5.32 Å². The van der Waals surface area contributed by atoms with E-state index < -0.39 is 0 Å². The molecule has 0 aliphatic carbocycles. The van der Waals surface area contributed by atoms with Gasteiger partial charge in [0.05, 0.1) is 6.61 Å².